The van der Waals surface area contributed by atoms with Gasteiger partial charge >= 0.3 is 6.18 Å². The van der Waals surface area contributed by atoms with Gasteiger partial charge in [0.05, 0.1) is 7.11 Å². The number of hydrogen-bond donors (Lipinski definition) is 0. The summed E-state index contributed by atoms with van der Waals surface area (Å²) in [6.07, 6.45) is -5.06. The molecule has 0 bridgehead atoms. The van der Waals surface area contributed by atoms with Crippen molar-refractivity contribution in [1.82, 2.24) is 0 Å². The van der Waals surface area contributed by atoms with E-state index >= 15 is 0 Å². The molecule has 0 heterocycles. The number of hydrogen-bond acceptors (Lipinski definition) is 2. The molecule has 0 spiro atoms. The molecule has 0 N–H and O–H groups in total. The molecule has 0 aliphatic heterocycles. The number of Topliss-reactive ketones (excluding diaryl/α,β-unsaturated/α-hetero) is 1. The molecule has 0 saturated heterocycles. The Balaban J connectivity index is 3.27. The Hall–Kier alpha value is -1.30. The lowest BCUT2D eigenvalue weighted by Gasteiger charge is -2.08. The van der Waals surface area contributed by atoms with Crippen LogP contribution in [0.15, 0.2) is 12.1 Å². The van der Waals surface area contributed by atoms with Crippen molar-refractivity contribution in [1.29, 1.82) is 0 Å². The van der Waals surface area contributed by atoms with Gasteiger partial charge in [-0.15, -0.1) is 0 Å². The molecule has 0 aliphatic rings. The van der Waals surface area contributed by atoms with Crippen molar-refractivity contribution < 1.29 is 27.1 Å². The number of halogens is 5. The number of methoxy groups -OCH3 is 1. The zero-order chi connectivity index (χ0) is 12.5. The van der Waals surface area contributed by atoms with E-state index in [0.29, 0.717) is 6.07 Å². The summed E-state index contributed by atoms with van der Waals surface area (Å²) in [5.41, 5.74) is -0.855. The first kappa shape index (κ1) is 12.8. The van der Waals surface area contributed by atoms with Crippen molar-refractivity contribution in [2.24, 2.45) is 0 Å². The van der Waals surface area contributed by atoms with Crippen molar-refractivity contribution in [2.45, 2.75) is 6.18 Å². The Morgan fingerprint density at radius 2 is 1.94 bits per heavy atom. The second-order valence-corrected chi connectivity index (χ2v) is 3.18. The topological polar surface area (TPSA) is 26.3 Å². The zero-order valence-corrected chi connectivity index (χ0v) is 8.62. The molecular weight excluding hydrogens is 252 g/mol. The number of rotatable bonds is 2. The highest BCUT2D eigenvalue weighted by molar-refractivity contribution is 6.32. The summed E-state index contributed by atoms with van der Waals surface area (Å²) in [7, 11) is 1.10. The molecule has 0 aromatic heterocycles. The first-order valence-electron chi connectivity index (χ1n) is 3.92. The Morgan fingerprint density at radius 1 is 1.38 bits per heavy atom. The standard InChI is InChI=1S/C9H5ClF4O2/c1-16-6-3-4(2-5(11)7(6)10)8(15)9(12,13)14/h2-3H,1H3. The molecular formula is C9H5ClF4O2. The van der Waals surface area contributed by atoms with E-state index in [9.17, 15) is 22.4 Å². The third-order valence-corrected chi connectivity index (χ3v) is 2.10. The molecule has 0 unspecified atom stereocenters. The number of ketones is 1. The zero-order valence-electron chi connectivity index (χ0n) is 7.86. The average Bonchev–Trinajstić information content (AvgIpc) is 2.19. The fourth-order valence-electron chi connectivity index (χ4n) is 1.01. The maximum atomic E-state index is 13.0. The summed E-state index contributed by atoms with van der Waals surface area (Å²) in [6.45, 7) is 0. The Labute approximate surface area is 92.8 Å². The van der Waals surface area contributed by atoms with Crippen molar-refractivity contribution >= 4 is 17.4 Å². The molecule has 0 amide bonds. The fourth-order valence-corrected chi connectivity index (χ4v) is 1.19. The summed E-state index contributed by atoms with van der Waals surface area (Å²) in [6, 6.07) is 1.15. The number of benzene rings is 1. The smallest absolute Gasteiger partial charge is 0.454 e. The first-order valence-corrected chi connectivity index (χ1v) is 4.29. The van der Waals surface area contributed by atoms with Crippen LogP contribution in [0, 0.1) is 5.82 Å². The van der Waals surface area contributed by atoms with Gasteiger partial charge in [0.25, 0.3) is 5.78 Å². The van der Waals surface area contributed by atoms with Crippen LogP contribution in [0.3, 0.4) is 0 Å². The Bertz CT molecular complexity index is 428. The van der Waals surface area contributed by atoms with Gasteiger partial charge in [-0.05, 0) is 12.1 Å². The molecule has 0 radical (unpaired) electrons. The summed E-state index contributed by atoms with van der Waals surface area (Å²) in [5.74, 6) is -3.62. The highest BCUT2D eigenvalue weighted by Crippen LogP contribution is 2.31. The highest BCUT2D eigenvalue weighted by atomic mass is 35.5. The summed E-state index contributed by atoms with van der Waals surface area (Å²) < 4.78 is 53.8. The van der Waals surface area contributed by atoms with E-state index in [1.165, 1.54) is 0 Å². The van der Waals surface area contributed by atoms with Gasteiger partial charge in [0.1, 0.15) is 16.6 Å². The third-order valence-electron chi connectivity index (χ3n) is 1.73. The average molecular weight is 257 g/mol. The molecule has 0 aliphatic carbocycles. The van der Waals surface area contributed by atoms with E-state index in [0.717, 1.165) is 13.2 Å². The van der Waals surface area contributed by atoms with Crippen LogP contribution in [0.4, 0.5) is 17.6 Å². The summed E-state index contributed by atoms with van der Waals surface area (Å²) in [5, 5.41) is -0.471. The summed E-state index contributed by atoms with van der Waals surface area (Å²) in [4.78, 5) is 10.8. The van der Waals surface area contributed by atoms with Gasteiger partial charge in [-0.25, -0.2) is 4.39 Å². The predicted molar refractivity (Wildman–Crippen MR) is 48.3 cm³/mol. The molecule has 0 saturated carbocycles. The van der Waals surface area contributed by atoms with E-state index < -0.39 is 28.4 Å². The normalized spacial score (nSPS) is 11.4. The van der Waals surface area contributed by atoms with Crippen LogP contribution in [0.5, 0.6) is 5.75 Å². The van der Waals surface area contributed by atoms with Crippen LogP contribution in [0.2, 0.25) is 5.02 Å². The van der Waals surface area contributed by atoms with E-state index in [1.54, 1.807) is 0 Å². The predicted octanol–water partition coefficient (Wildman–Crippen LogP) is 3.23. The lowest BCUT2D eigenvalue weighted by molar-refractivity contribution is -0.0885. The van der Waals surface area contributed by atoms with Gasteiger partial charge in [0, 0.05) is 5.56 Å². The molecule has 88 valence electrons. The fraction of sp³-hybridized carbons (Fsp3) is 0.222. The van der Waals surface area contributed by atoms with Crippen LogP contribution in [0.1, 0.15) is 10.4 Å². The largest absolute Gasteiger partial charge is 0.495 e. The maximum Gasteiger partial charge on any atom is 0.454 e. The number of ether oxygens (including phenoxy) is 1. The van der Waals surface area contributed by atoms with Gasteiger partial charge in [0.2, 0.25) is 0 Å². The number of alkyl halides is 3. The van der Waals surface area contributed by atoms with Crippen molar-refractivity contribution in [3.8, 4) is 5.75 Å². The molecule has 7 heteroatoms. The Morgan fingerprint density at radius 3 is 2.38 bits per heavy atom. The maximum absolute atomic E-state index is 13.0. The first-order chi connectivity index (χ1) is 7.27. The van der Waals surface area contributed by atoms with Gasteiger partial charge in [0.15, 0.2) is 0 Å². The molecule has 2 nitrogen and oxygen atoms in total. The van der Waals surface area contributed by atoms with Crippen LogP contribution in [0.25, 0.3) is 0 Å². The van der Waals surface area contributed by atoms with Crippen LogP contribution >= 0.6 is 11.6 Å². The highest BCUT2D eigenvalue weighted by Gasteiger charge is 2.39. The van der Waals surface area contributed by atoms with E-state index in [2.05, 4.69) is 4.74 Å². The van der Waals surface area contributed by atoms with Crippen molar-refractivity contribution in [3.63, 3.8) is 0 Å². The third kappa shape index (κ3) is 2.44. The van der Waals surface area contributed by atoms with Gasteiger partial charge in [-0.1, -0.05) is 11.6 Å². The molecule has 0 atom stereocenters. The van der Waals surface area contributed by atoms with E-state index in [4.69, 9.17) is 11.6 Å². The van der Waals surface area contributed by atoms with Crippen LogP contribution < -0.4 is 4.74 Å². The molecule has 0 fully saturated rings. The lowest BCUT2D eigenvalue weighted by atomic mass is 10.1. The SMILES string of the molecule is COc1cc(C(=O)C(F)(F)F)cc(F)c1Cl. The van der Waals surface area contributed by atoms with Gasteiger partial charge < -0.3 is 4.74 Å². The number of carbonyl (C=O) groups is 1. The molecule has 1 aromatic carbocycles. The van der Waals surface area contributed by atoms with Gasteiger partial charge in [-0.2, -0.15) is 13.2 Å². The quantitative estimate of drug-likeness (QED) is 0.600. The van der Waals surface area contributed by atoms with Crippen LogP contribution in [-0.4, -0.2) is 19.1 Å². The van der Waals surface area contributed by atoms with Gasteiger partial charge in [-0.3, -0.25) is 4.79 Å². The Kier molecular flexibility index (Phi) is 3.42. The van der Waals surface area contributed by atoms with E-state index in [-0.39, 0.29) is 5.75 Å². The second-order valence-electron chi connectivity index (χ2n) is 2.80. The summed E-state index contributed by atoms with van der Waals surface area (Å²) >= 11 is 5.39. The molecule has 1 rings (SSSR count). The van der Waals surface area contributed by atoms with Crippen LogP contribution in [-0.2, 0) is 0 Å². The minimum absolute atomic E-state index is 0.325. The monoisotopic (exact) mass is 256 g/mol. The molecule has 16 heavy (non-hydrogen) atoms. The van der Waals surface area contributed by atoms with Crippen molar-refractivity contribution in [3.05, 3.63) is 28.5 Å². The van der Waals surface area contributed by atoms with Crippen molar-refractivity contribution in [2.75, 3.05) is 7.11 Å². The minimum Gasteiger partial charge on any atom is -0.495 e. The minimum atomic E-state index is -5.06. The van der Waals surface area contributed by atoms with E-state index in [1.807, 2.05) is 0 Å². The number of carbonyl (C=O) groups excluding carboxylic acids is 1. The lowest BCUT2D eigenvalue weighted by Crippen LogP contribution is -2.22. The second kappa shape index (κ2) is 4.29. The molecule has 1 aromatic rings.